The smallest absolute Gasteiger partial charge is 0.128 e. The average Bonchev–Trinajstić information content (AvgIpc) is 2.33. The Bertz CT molecular complexity index is 396. The van der Waals surface area contributed by atoms with Crippen LogP contribution in [0, 0.1) is 17.2 Å². The molecule has 3 nitrogen and oxygen atoms in total. The van der Waals surface area contributed by atoms with Crippen molar-refractivity contribution < 1.29 is 4.39 Å². The average molecular weight is 219 g/mol. The van der Waals surface area contributed by atoms with E-state index in [9.17, 15) is 4.39 Å². The molecule has 2 rings (SSSR count). The fraction of sp³-hybridized carbons (Fsp3) is 0.500. The Balaban J connectivity index is 2.10. The Morgan fingerprint density at radius 3 is 2.94 bits per heavy atom. The zero-order valence-electron chi connectivity index (χ0n) is 9.23. The first-order chi connectivity index (χ1) is 7.70. The lowest BCUT2D eigenvalue weighted by Crippen LogP contribution is -2.41. The number of anilines is 1. The van der Waals surface area contributed by atoms with Crippen LogP contribution in [0.1, 0.15) is 18.9 Å². The number of rotatable bonds is 1. The molecule has 0 amide bonds. The van der Waals surface area contributed by atoms with E-state index in [0.29, 0.717) is 12.1 Å². The summed E-state index contributed by atoms with van der Waals surface area (Å²) in [6, 6.07) is 5.51. The maximum absolute atomic E-state index is 13.5. The Labute approximate surface area is 94.5 Å². The van der Waals surface area contributed by atoms with E-state index in [1.807, 2.05) is 17.9 Å². The number of halogens is 1. The highest BCUT2D eigenvalue weighted by Crippen LogP contribution is 2.23. The molecule has 84 valence electrons. The van der Waals surface area contributed by atoms with Crippen molar-refractivity contribution in [2.45, 2.75) is 19.5 Å². The normalized spacial score (nSPS) is 25.2. The number of aromatic nitrogens is 1. The predicted octanol–water partition coefficient (Wildman–Crippen LogP) is 2.14. The summed E-state index contributed by atoms with van der Waals surface area (Å²) in [5.41, 5.74) is 0.533. The topological polar surface area (TPSA) is 39.9 Å². The first kappa shape index (κ1) is 10.9. The van der Waals surface area contributed by atoms with Crippen molar-refractivity contribution in [3.63, 3.8) is 0 Å². The Morgan fingerprint density at radius 1 is 1.56 bits per heavy atom. The number of nitrogens with zero attached hydrogens (tertiary/aromatic N) is 3. The highest BCUT2D eigenvalue weighted by atomic mass is 19.1. The van der Waals surface area contributed by atoms with Crippen LogP contribution in [0.2, 0.25) is 0 Å². The first-order valence-corrected chi connectivity index (χ1v) is 5.46. The third-order valence-corrected chi connectivity index (χ3v) is 3.07. The fourth-order valence-corrected chi connectivity index (χ4v) is 1.87. The van der Waals surface area contributed by atoms with Crippen molar-refractivity contribution in [2.24, 2.45) is 5.92 Å². The predicted molar refractivity (Wildman–Crippen MR) is 59.8 cm³/mol. The molecule has 1 aliphatic heterocycles. The van der Waals surface area contributed by atoms with E-state index in [4.69, 9.17) is 5.26 Å². The quantitative estimate of drug-likeness (QED) is 0.726. The lowest BCUT2D eigenvalue weighted by molar-refractivity contribution is 0.211. The number of pyridine rings is 1. The summed E-state index contributed by atoms with van der Waals surface area (Å²) >= 11 is 0. The van der Waals surface area contributed by atoms with Gasteiger partial charge in [0.05, 0.1) is 12.1 Å². The van der Waals surface area contributed by atoms with Crippen molar-refractivity contribution in [1.29, 1.82) is 5.26 Å². The van der Waals surface area contributed by atoms with Crippen LogP contribution in [0.15, 0.2) is 18.3 Å². The van der Waals surface area contributed by atoms with Crippen LogP contribution in [0.4, 0.5) is 10.2 Å². The van der Waals surface area contributed by atoms with Gasteiger partial charge in [-0.2, -0.15) is 5.26 Å². The van der Waals surface area contributed by atoms with Gasteiger partial charge in [-0.25, -0.2) is 9.37 Å². The van der Waals surface area contributed by atoms with Gasteiger partial charge in [-0.1, -0.05) is 6.92 Å². The van der Waals surface area contributed by atoms with Gasteiger partial charge < -0.3 is 4.90 Å². The molecule has 2 heterocycles. The summed E-state index contributed by atoms with van der Waals surface area (Å²) in [4.78, 5) is 6.11. The highest BCUT2D eigenvalue weighted by molar-refractivity contribution is 5.42. The molecule has 1 fully saturated rings. The fourth-order valence-electron chi connectivity index (χ4n) is 1.87. The minimum atomic E-state index is -0.786. The van der Waals surface area contributed by atoms with E-state index in [1.54, 1.807) is 12.1 Å². The Kier molecular flexibility index (Phi) is 3.04. The van der Waals surface area contributed by atoms with Crippen LogP contribution >= 0.6 is 0 Å². The van der Waals surface area contributed by atoms with Gasteiger partial charge in [0.2, 0.25) is 0 Å². The summed E-state index contributed by atoms with van der Waals surface area (Å²) in [6.45, 7) is 3.18. The van der Waals surface area contributed by atoms with E-state index >= 15 is 0 Å². The number of hydrogen-bond acceptors (Lipinski definition) is 3. The molecule has 0 spiro atoms. The SMILES string of the molecule is CC1CCN(c2ccc(C#N)cn2)CC1F. The molecule has 0 bridgehead atoms. The highest BCUT2D eigenvalue weighted by Gasteiger charge is 2.26. The van der Waals surface area contributed by atoms with E-state index in [-0.39, 0.29) is 5.92 Å². The van der Waals surface area contributed by atoms with Gasteiger partial charge in [-0.05, 0) is 24.5 Å². The Morgan fingerprint density at radius 2 is 2.38 bits per heavy atom. The second-order valence-corrected chi connectivity index (χ2v) is 4.24. The zero-order chi connectivity index (χ0) is 11.5. The zero-order valence-corrected chi connectivity index (χ0v) is 9.23. The van der Waals surface area contributed by atoms with Gasteiger partial charge in [0.25, 0.3) is 0 Å². The number of alkyl halides is 1. The van der Waals surface area contributed by atoms with E-state index in [1.165, 1.54) is 6.20 Å². The third kappa shape index (κ3) is 2.13. The molecule has 1 aromatic rings. The van der Waals surface area contributed by atoms with Crippen molar-refractivity contribution in [2.75, 3.05) is 18.0 Å². The maximum atomic E-state index is 13.5. The minimum absolute atomic E-state index is 0.134. The van der Waals surface area contributed by atoms with Crippen LogP contribution < -0.4 is 4.90 Å². The van der Waals surface area contributed by atoms with Gasteiger partial charge in [-0.15, -0.1) is 0 Å². The van der Waals surface area contributed by atoms with E-state index < -0.39 is 6.17 Å². The monoisotopic (exact) mass is 219 g/mol. The summed E-state index contributed by atoms with van der Waals surface area (Å²) in [6.07, 6.45) is 1.59. The van der Waals surface area contributed by atoms with Crippen LogP contribution in [0.25, 0.3) is 0 Å². The van der Waals surface area contributed by atoms with Crippen molar-refractivity contribution in [1.82, 2.24) is 4.98 Å². The van der Waals surface area contributed by atoms with Gasteiger partial charge >= 0.3 is 0 Å². The van der Waals surface area contributed by atoms with E-state index in [0.717, 1.165) is 18.8 Å². The molecule has 0 aromatic carbocycles. The van der Waals surface area contributed by atoms with Crippen molar-refractivity contribution in [3.05, 3.63) is 23.9 Å². The van der Waals surface area contributed by atoms with Crippen LogP contribution in [-0.2, 0) is 0 Å². The molecule has 0 aliphatic carbocycles. The molecule has 1 aromatic heterocycles. The molecular formula is C12H14FN3. The lowest BCUT2D eigenvalue weighted by Gasteiger charge is -2.33. The van der Waals surface area contributed by atoms with Gasteiger partial charge in [0.1, 0.15) is 18.1 Å². The molecule has 16 heavy (non-hydrogen) atoms. The first-order valence-electron chi connectivity index (χ1n) is 5.46. The maximum Gasteiger partial charge on any atom is 0.128 e. The summed E-state index contributed by atoms with van der Waals surface area (Å²) in [5.74, 6) is 0.892. The lowest BCUT2D eigenvalue weighted by atomic mass is 9.97. The van der Waals surface area contributed by atoms with Crippen molar-refractivity contribution >= 4 is 5.82 Å². The van der Waals surface area contributed by atoms with E-state index in [2.05, 4.69) is 4.98 Å². The van der Waals surface area contributed by atoms with Crippen LogP contribution in [-0.4, -0.2) is 24.2 Å². The molecule has 2 atom stereocenters. The number of hydrogen-bond donors (Lipinski definition) is 0. The van der Waals surface area contributed by atoms with Crippen LogP contribution in [0.5, 0.6) is 0 Å². The number of piperidine rings is 1. The molecular weight excluding hydrogens is 205 g/mol. The summed E-state index contributed by atoms with van der Waals surface area (Å²) in [7, 11) is 0. The minimum Gasteiger partial charge on any atom is -0.354 e. The third-order valence-electron chi connectivity index (χ3n) is 3.07. The molecule has 4 heteroatoms. The second kappa shape index (κ2) is 4.48. The second-order valence-electron chi connectivity index (χ2n) is 4.24. The standard InChI is InChI=1S/C12H14FN3/c1-9-4-5-16(8-11(9)13)12-3-2-10(6-14)7-15-12/h2-3,7,9,11H,4-5,8H2,1H3. The molecule has 0 radical (unpaired) electrons. The number of nitriles is 1. The molecule has 0 N–H and O–H groups in total. The molecule has 1 aliphatic rings. The molecule has 1 saturated heterocycles. The summed E-state index contributed by atoms with van der Waals surface area (Å²) < 4.78 is 13.5. The molecule has 0 saturated carbocycles. The largest absolute Gasteiger partial charge is 0.354 e. The summed E-state index contributed by atoms with van der Waals surface area (Å²) in [5, 5.41) is 8.65. The molecule has 2 unspecified atom stereocenters. The Hall–Kier alpha value is -1.63. The van der Waals surface area contributed by atoms with Gasteiger partial charge in [0, 0.05) is 12.7 Å². The van der Waals surface area contributed by atoms with Crippen molar-refractivity contribution in [3.8, 4) is 6.07 Å². The van der Waals surface area contributed by atoms with Crippen LogP contribution in [0.3, 0.4) is 0 Å². The van der Waals surface area contributed by atoms with Gasteiger partial charge in [0.15, 0.2) is 0 Å². The van der Waals surface area contributed by atoms with Gasteiger partial charge in [-0.3, -0.25) is 0 Å².